The van der Waals surface area contributed by atoms with Crippen LogP contribution in [-0.4, -0.2) is 29.6 Å². The molecule has 0 saturated carbocycles. The summed E-state index contributed by atoms with van der Waals surface area (Å²) in [6.07, 6.45) is 8.99. The normalized spacial score (nSPS) is 15.9. The van der Waals surface area contributed by atoms with Crippen LogP contribution in [0.4, 0.5) is 0 Å². The third-order valence-electron chi connectivity index (χ3n) is 2.86. The maximum atomic E-state index is 4.60. The van der Waals surface area contributed by atoms with E-state index in [0.29, 0.717) is 0 Å². The van der Waals surface area contributed by atoms with Gasteiger partial charge in [-0.05, 0) is 18.6 Å². The van der Waals surface area contributed by atoms with Crippen molar-refractivity contribution >= 4 is 18.3 Å². The Kier molecular flexibility index (Phi) is 6.90. The lowest BCUT2D eigenvalue weighted by atomic mass is 10.1. The minimum atomic E-state index is 0.934. The van der Waals surface area contributed by atoms with Crippen LogP contribution in [0.15, 0.2) is 5.10 Å². The van der Waals surface area contributed by atoms with Gasteiger partial charge in [0.2, 0.25) is 0 Å². The average Bonchev–Trinajstić information content (AvgIpc) is 2.66. The third kappa shape index (κ3) is 5.45. The summed E-state index contributed by atoms with van der Waals surface area (Å²) >= 11 is 4.23. The predicted octanol–water partition coefficient (Wildman–Crippen LogP) is 3.34. The molecule has 0 N–H and O–H groups in total. The molecular formula is C12H24N2S. The van der Waals surface area contributed by atoms with Gasteiger partial charge in [0.15, 0.2) is 0 Å². The maximum absolute atomic E-state index is 4.60. The van der Waals surface area contributed by atoms with Crippen LogP contribution in [0.25, 0.3) is 0 Å². The Bertz CT molecular complexity index is 192. The lowest BCUT2D eigenvalue weighted by molar-refractivity contribution is 0.308. The fourth-order valence-corrected chi connectivity index (χ4v) is 2.18. The van der Waals surface area contributed by atoms with Crippen LogP contribution in [0, 0.1) is 0 Å². The summed E-state index contributed by atoms with van der Waals surface area (Å²) in [5, 5.41) is 6.84. The van der Waals surface area contributed by atoms with Gasteiger partial charge in [0.25, 0.3) is 0 Å². The molecule has 0 aromatic rings. The highest BCUT2D eigenvalue weighted by Crippen LogP contribution is 2.11. The first-order valence-electron chi connectivity index (χ1n) is 6.29. The molecule has 0 spiro atoms. The van der Waals surface area contributed by atoms with E-state index in [1.807, 2.05) is 0 Å². The molecule has 88 valence electrons. The lowest BCUT2D eigenvalue weighted by Gasteiger charge is -2.12. The number of unbranched alkanes of at least 4 members (excludes halogenated alkanes) is 4. The highest BCUT2D eigenvalue weighted by molar-refractivity contribution is 7.80. The third-order valence-corrected chi connectivity index (χ3v) is 3.09. The summed E-state index contributed by atoms with van der Waals surface area (Å²) in [6, 6.07) is 0. The fourth-order valence-electron chi connectivity index (χ4n) is 1.92. The molecule has 15 heavy (non-hydrogen) atoms. The first-order chi connectivity index (χ1) is 7.36. The smallest absolute Gasteiger partial charge is 0.0413 e. The molecule has 1 heterocycles. The largest absolute Gasteiger partial charge is 0.297 e. The lowest BCUT2D eigenvalue weighted by Crippen LogP contribution is -2.15. The number of thiol groups is 1. The monoisotopic (exact) mass is 228 g/mol. The first kappa shape index (κ1) is 12.9. The zero-order valence-electron chi connectivity index (χ0n) is 9.91. The van der Waals surface area contributed by atoms with Crippen LogP contribution in [0.3, 0.4) is 0 Å². The van der Waals surface area contributed by atoms with Crippen LogP contribution in [-0.2, 0) is 0 Å². The molecule has 0 bridgehead atoms. The molecule has 0 radical (unpaired) electrons. The van der Waals surface area contributed by atoms with Crippen LogP contribution >= 0.6 is 12.6 Å². The van der Waals surface area contributed by atoms with Gasteiger partial charge < -0.3 is 0 Å². The second-order valence-electron chi connectivity index (χ2n) is 4.26. The van der Waals surface area contributed by atoms with E-state index >= 15 is 0 Å². The molecule has 0 amide bonds. The summed E-state index contributed by atoms with van der Waals surface area (Å²) in [7, 11) is 0. The van der Waals surface area contributed by atoms with Crippen molar-refractivity contribution in [2.75, 3.05) is 18.8 Å². The Morgan fingerprint density at radius 1 is 1.27 bits per heavy atom. The highest BCUT2D eigenvalue weighted by atomic mass is 32.1. The van der Waals surface area contributed by atoms with Gasteiger partial charge in [-0.15, -0.1) is 0 Å². The van der Waals surface area contributed by atoms with Gasteiger partial charge in [0.05, 0.1) is 0 Å². The Labute approximate surface area is 99.5 Å². The second kappa shape index (κ2) is 8.03. The summed E-state index contributed by atoms with van der Waals surface area (Å²) in [4.78, 5) is 0. The van der Waals surface area contributed by atoms with Gasteiger partial charge >= 0.3 is 0 Å². The molecule has 0 atom stereocenters. The molecule has 0 aromatic carbocycles. The van der Waals surface area contributed by atoms with E-state index in [1.54, 1.807) is 0 Å². The SMILES string of the molecule is CCCCCCCN1CCC(CCS)=N1. The van der Waals surface area contributed by atoms with Gasteiger partial charge in [0.1, 0.15) is 0 Å². The predicted molar refractivity (Wildman–Crippen MR) is 70.9 cm³/mol. The van der Waals surface area contributed by atoms with Crippen molar-refractivity contribution in [1.29, 1.82) is 0 Å². The van der Waals surface area contributed by atoms with Gasteiger partial charge in [-0.25, -0.2) is 0 Å². The van der Waals surface area contributed by atoms with Crippen LogP contribution in [0.2, 0.25) is 0 Å². The molecule has 2 nitrogen and oxygen atoms in total. The Morgan fingerprint density at radius 3 is 2.80 bits per heavy atom. The van der Waals surface area contributed by atoms with E-state index in [9.17, 15) is 0 Å². The average molecular weight is 228 g/mol. The molecule has 1 aliphatic heterocycles. The van der Waals surface area contributed by atoms with Crippen LogP contribution < -0.4 is 0 Å². The molecule has 0 fully saturated rings. The fraction of sp³-hybridized carbons (Fsp3) is 0.917. The standard InChI is InChI=1S/C12H24N2S/c1-2-3-4-5-6-9-14-10-7-12(13-14)8-11-15/h15H,2-11H2,1H3. The van der Waals surface area contributed by atoms with Crippen molar-refractivity contribution in [2.45, 2.75) is 51.9 Å². The van der Waals surface area contributed by atoms with E-state index in [-0.39, 0.29) is 0 Å². The number of hydrogen-bond acceptors (Lipinski definition) is 3. The molecule has 1 aliphatic rings. The zero-order valence-corrected chi connectivity index (χ0v) is 10.8. The first-order valence-corrected chi connectivity index (χ1v) is 6.92. The summed E-state index contributed by atoms with van der Waals surface area (Å²) in [5.41, 5.74) is 1.35. The summed E-state index contributed by atoms with van der Waals surface area (Å²) in [6.45, 7) is 4.55. The Balaban J connectivity index is 2.03. The molecule has 0 aliphatic carbocycles. The number of nitrogens with zero attached hydrogens (tertiary/aromatic N) is 2. The van der Waals surface area contributed by atoms with Crippen molar-refractivity contribution in [2.24, 2.45) is 5.10 Å². The maximum Gasteiger partial charge on any atom is 0.0413 e. The Hall–Kier alpha value is -0.180. The summed E-state index contributed by atoms with van der Waals surface area (Å²) < 4.78 is 0. The van der Waals surface area contributed by atoms with E-state index in [2.05, 4.69) is 29.7 Å². The molecule has 0 aromatic heterocycles. The van der Waals surface area contributed by atoms with Crippen molar-refractivity contribution < 1.29 is 0 Å². The van der Waals surface area contributed by atoms with Gasteiger partial charge in [-0.2, -0.15) is 17.7 Å². The topological polar surface area (TPSA) is 15.6 Å². The molecule has 0 saturated heterocycles. The summed E-state index contributed by atoms with van der Waals surface area (Å²) in [5.74, 6) is 0.934. The van der Waals surface area contributed by atoms with E-state index in [0.717, 1.165) is 31.7 Å². The quantitative estimate of drug-likeness (QED) is 0.497. The molecule has 1 rings (SSSR count). The number of hydrazone groups is 1. The van der Waals surface area contributed by atoms with Gasteiger partial charge in [-0.3, -0.25) is 5.01 Å². The highest BCUT2D eigenvalue weighted by Gasteiger charge is 2.12. The van der Waals surface area contributed by atoms with Gasteiger partial charge in [0, 0.05) is 25.2 Å². The van der Waals surface area contributed by atoms with Crippen molar-refractivity contribution in [3.05, 3.63) is 0 Å². The second-order valence-corrected chi connectivity index (χ2v) is 4.70. The van der Waals surface area contributed by atoms with Crippen molar-refractivity contribution in [1.82, 2.24) is 5.01 Å². The number of rotatable bonds is 8. The molecule has 0 unspecified atom stereocenters. The minimum absolute atomic E-state index is 0.934. The van der Waals surface area contributed by atoms with E-state index < -0.39 is 0 Å². The van der Waals surface area contributed by atoms with Gasteiger partial charge in [-0.1, -0.05) is 32.6 Å². The number of hydrogen-bond donors (Lipinski definition) is 1. The zero-order chi connectivity index (χ0) is 10.9. The van der Waals surface area contributed by atoms with E-state index in [4.69, 9.17) is 0 Å². The van der Waals surface area contributed by atoms with Crippen LogP contribution in [0.1, 0.15) is 51.9 Å². The Morgan fingerprint density at radius 2 is 2.07 bits per heavy atom. The van der Waals surface area contributed by atoms with Crippen LogP contribution in [0.5, 0.6) is 0 Å². The van der Waals surface area contributed by atoms with Crippen molar-refractivity contribution in [3.63, 3.8) is 0 Å². The van der Waals surface area contributed by atoms with E-state index in [1.165, 1.54) is 37.8 Å². The molecule has 3 heteroatoms. The van der Waals surface area contributed by atoms with Crippen molar-refractivity contribution in [3.8, 4) is 0 Å². The minimum Gasteiger partial charge on any atom is -0.297 e. The molecular weight excluding hydrogens is 204 g/mol.